The summed E-state index contributed by atoms with van der Waals surface area (Å²) in [6.45, 7) is 4.09. The number of ether oxygens (including phenoxy) is 2. The van der Waals surface area contributed by atoms with Crippen molar-refractivity contribution in [2.24, 2.45) is 0 Å². The molecule has 0 bridgehead atoms. The van der Waals surface area contributed by atoms with Gasteiger partial charge in [0.15, 0.2) is 11.5 Å². The van der Waals surface area contributed by atoms with Crippen LogP contribution < -0.4 is 9.47 Å². The lowest BCUT2D eigenvalue weighted by Gasteiger charge is -2.27. The Bertz CT molecular complexity index is 439. The molecular formula is C15H21NO3. The summed E-state index contributed by atoms with van der Waals surface area (Å²) in [5.41, 5.74) is 0.600. The topological polar surface area (TPSA) is 38.8 Å². The third-order valence-electron chi connectivity index (χ3n) is 3.36. The van der Waals surface area contributed by atoms with Gasteiger partial charge in [0.25, 0.3) is 5.91 Å². The lowest BCUT2D eigenvalue weighted by atomic mass is 10.1. The molecule has 0 atom stereocenters. The molecule has 0 saturated carbocycles. The van der Waals surface area contributed by atoms with E-state index >= 15 is 0 Å². The molecule has 1 saturated heterocycles. The van der Waals surface area contributed by atoms with Crippen LogP contribution >= 0.6 is 0 Å². The highest BCUT2D eigenvalue weighted by atomic mass is 16.5. The van der Waals surface area contributed by atoms with E-state index in [0.29, 0.717) is 23.7 Å². The van der Waals surface area contributed by atoms with Crippen molar-refractivity contribution in [3.8, 4) is 11.5 Å². The first-order chi connectivity index (χ1) is 9.27. The van der Waals surface area contributed by atoms with Crippen molar-refractivity contribution in [2.75, 3.05) is 26.8 Å². The standard InChI is InChI=1S/C15H21NO3/c1-3-19-14-12(8-7-9-13(14)18-2)15(17)16-10-5-4-6-11-16/h7-9H,3-6,10-11H2,1-2H3. The van der Waals surface area contributed by atoms with Crippen LogP contribution in [0, 0.1) is 0 Å². The van der Waals surface area contributed by atoms with Crippen LogP contribution in [0.3, 0.4) is 0 Å². The van der Waals surface area contributed by atoms with E-state index in [1.807, 2.05) is 30.0 Å². The molecule has 4 heteroatoms. The number of hydrogen-bond acceptors (Lipinski definition) is 3. The largest absolute Gasteiger partial charge is 0.493 e. The monoisotopic (exact) mass is 263 g/mol. The number of rotatable bonds is 4. The Morgan fingerprint density at radius 3 is 2.63 bits per heavy atom. The Balaban J connectivity index is 2.29. The SMILES string of the molecule is CCOc1c(OC)cccc1C(=O)N1CCCCC1. The smallest absolute Gasteiger partial charge is 0.257 e. The second-order valence-corrected chi connectivity index (χ2v) is 4.62. The summed E-state index contributed by atoms with van der Waals surface area (Å²) in [4.78, 5) is 14.5. The number of carbonyl (C=O) groups excluding carboxylic acids is 1. The number of nitrogens with zero attached hydrogens (tertiary/aromatic N) is 1. The van der Waals surface area contributed by atoms with E-state index in [4.69, 9.17) is 9.47 Å². The zero-order valence-electron chi connectivity index (χ0n) is 11.6. The molecule has 1 amide bonds. The summed E-state index contributed by atoms with van der Waals surface area (Å²) in [6, 6.07) is 5.46. The number of benzene rings is 1. The first-order valence-corrected chi connectivity index (χ1v) is 6.87. The Labute approximate surface area is 114 Å². The predicted molar refractivity (Wildman–Crippen MR) is 73.9 cm³/mol. The zero-order chi connectivity index (χ0) is 13.7. The first-order valence-electron chi connectivity index (χ1n) is 6.87. The molecule has 1 aliphatic rings. The number of amides is 1. The molecule has 1 aromatic rings. The van der Waals surface area contributed by atoms with E-state index in [0.717, 1.165) is 25.9 Å². The van der Waals surface area contributed by atoms with Crippen molar-refractivity contribution >= 4 is 5.91 Å². The van der Waals surface area contributed by atoms with E-state index in [1.54, 1.807) is 7.11 Å². The minimum absolute atomic E-state index is 0.0436. The molecule has 1 heterocycles. The van der Waals surface area contributed by atoms with Crippen LogP contribution in [0.2, 0.25) is 0 Å². The maximum atomic E-state index is 12.6. The fourth-order valence-electron chi connectivity index (χ4n) is 2.41. The number of hydrogen-bond donors (Lipinski definition) is 0. The number of likely N-dealkylation sites (tertiary alicyclic amines) is 1. The van der Waals surface area contributed by atoms with Gasteiger partial charge in [0.1, 0.15) is 0 Å². The van der Waals surface area contributed by atoms with Crippen molar-refractivity contribution in [2.45, 2.75) is 26.2 Å². The van der Waals surface area contributed by atoms with Crippen molar-refractivity contribution < 1.29 is 14.3 Å². The molecule has 19 heavy (non-hydrogen) atoms. The molecule has 0 unspecified atom stereocenters. The Kier molecular flexibility index (Phi) is 4.66. The van der Waals surface area contributed by atoms with Gasteiger partial charge in [0, 0.05) is 13.1 Å². The van der Waals surface area contributed by atoms with E-state index in [-0.39, 0.29) is 5.91 Å². The molecule has 0 N–H and O–H groups in total. The zero-order valence-corrected chi connectivity index (χ0v) is 11.6. The maximum absolute atomic E-state index is 12.6. The highest BCUT2D eigenvalue weighted by molar-refractivity contribution is 5.97. The minimum atomic E-state index is 0.0436. The third-order valence-corrected chi connectivity index (χ3v) is 3.36. The predicted octanol–water partition coefficient (Wildman–Crippen LogP) is 2.72. The third kappa shape index (κ3) is 3.00. The van der Waals surface area contributed by atoms with Gasteiger partial charge in [-0.25, -0.2) is 0 Å². The quantitative estimate of drug-likeness (QED) is 0.838. The molecule has 2 rings (SSSR count). The summed E-state index contributed by atoms with van der Waals surface area (Å²) < 4.78 is 10.9. The Morgan fingerprint density at radius 2 is 2.00 bits per heavy atom. The molecule has 1 aromatic carbocycles. The van der Waals surface area contributed by atoms with Gasteiger partial charge in [-0.05, 0) is 38.3 Å². The van der Waals surface area contributed by atoms with Gasteiger partial charge in [0.05, 0.1) is 19.3 Å². The lowest BCUT2D eigenvalue weighted by molar-refractivity contribution is 0.0719. The summed E-state index contributed by atoms with van der Waals surface area (Å²) in [7, 11) is 1.59. The Hall–Kier alpha value is -1.71. The van der Waals surface area contributed by atoms with Crippen LogP contribution in [0.5, 0.6) is 11.5 Å². The minimum Gasteiger partial charge on any atom is -0.493 e. The Morgan fingerprint density at radius 1 is 1.26 bits per heavy atom. The molecule has 104 valence electrons. The van der Waals surface area contributed by atoms with Crippen LogP contribution in [0.4, 0.5) is 0 Å². The van der Waals surface area contributed by atoms with Crippen molar-refractivity contribution in [3.05, 3.63) is 23.8 Å². The van der Waals surface area contributed by atoms with E-state index < -0.39 is 0 Å². The van der Waals surface area contributed by atoms with Crippen molar-refractivity contribution in [1.82, 2.24) is 4.90 Å². The normalized spacial score (nSPS) is 15.2. The second kappa shape index (κ2) is 6.45. The van der Waals surface area contributed by atoms with Crippen LogP contribution in [-0.2, 0) is 0 Å². The molecule has 1 aliphatic heterocycles. The van der Waals surface area contributed by atoms with Crippen molar-refractivity contribution in [3.63, 3.8) is 0 Å². The number of methoxy groups -OCH3 is 1. The highest BCUT2D eigenvalue weighted by Crippen LogP contribution is 2.32. The molecule has 0 aromatic heterocycles. The fraction of sp³-hybridized carbons (Fsp3) is 0.533. The lowest BCUT2D eigenvalue weighted by Crippen LogP contribution is -2.35. The van der Waals surface area contributed by atoms with E-state index in [2.05, 4.69) is 0 Å². The molecule has 0 aliphatic carbocycles. The van der Waals surface area contributed by atoms with Crippen LogP contribution in [0.25, 0.3) is 0 Å². The van der Waals surface area contributed by atoms with Gasteiger partial charge in [-0.15, -0.1) is 0 Å². The van der Waals surface area contributed by atoms with Gasteiger partial charge in [-0.3, -0.25) is 4.79 Å². The first kappa shape index (κ1) is 13.7. The van der Waals surface area contributed by atoms with Gasteiger partial charge in [0.2, 0.25) is 0 Å². The summed E-state index contributed by atoms with van der Waals surface area (Å²) >= 11 is 0. The number of para-hydroxylation sites is 1. The highest BCUT2D eigenvalue weighted by Gasteiger charge is 2.23. The summed E-state index contributed by atoms with van der Waals surface area (Å²) in [5, 5.41) is 0. The van der Waals surface area contributed by atoms with Gasteiger partial charge >= 0.3 is 0 Å². The molecular weight excluding hydrogens is 242 g/mol. The van der Waals surface area contributed by atoms with Crippen LogP contribution in [0.15, 0.2) is 18.2 Å². The van der Waals surface area contributed by atoms with Crippen LogP contribution in [0.1, 0.15) is 36.5 Å². The summed E-state index contributed by atoms with van der Waals surface area (Å²) in [6.07, 6.45) is 3.37. The molecule has 4 nitrogen and oxygen atoms in total. The molecule has 1 fully saturated rings. The van der Waals surface area contributed by atoms with Gasteiger partial charge in [-0.2, -0.15) is 0 Å². The average molecular weight is 263 g/mol. The molecule has 0 spiro atoms. The van der Waals surface area contributed by atoms with Crippen molar-refractivity contribution in [1.29, 1.82) is 0 Å². The van der Waals surface area contributed by atoms with Gasteiger partial charge in [-0.1, -0.05) is 6.07 Å². The van der Waals surface area contributed by atoms with E-state index in [9.17, 15) is 4.79 Å². The number of piperidine rings is 1. The van der Waals surface area contributed by atoms with Crippen LogP contribution in [-0.4, -0.2) is 37.6 Å². The maximum Gasteiger partial charge on any atom is 0.257 e. The number of carbonyl (C=O) groups is 1. The summed E-state index contributed by atoms with van der Waals surface area (Å²) in [5.74, 6) is 1.22. The molecule has 0 radical (unpaired) electrons. The second-order valence-electron chi connectivity index (χ2n) is 4.62. The van der Waals surface area contributed by atoms with Gasteiger partial charge < -0.3 is 14.4 Å². The fourth-order valence-corrected chi connectivity index (χ4v) is 2.41. The van der Waals surface area contributed by atoms with E-state index in [1.165, 1.54) is 6.42 Å². The average Bonchev–Trinajstić information content (AvgIpc) is 2.48.